The molecule has 0 saturated carbocycles. The fourth-order valence-corrected chi connectivity index (χ4v) is 2.95. The van der Waals surface area contributed by atoms with Crippen molar-refractivity contribution in [2.75, 3.05) is 25.6 Å². The topological polar surface area (TPSA) is 85.9 Å². The Morgan fingerprint density at radius 1 is 1.33 bits per heavy atom. The van der Waals surface area contributed by atoms with Gasteiger partial charge in [0.1, 0.15) is 5.75 Å². The third kappa shape index (κ3) is 4.25. The van der Waals surface area contributed by atoms with Crippen molar-refractivity contribution in [2.45, 2.75) is 13.5 Å². The zero-order valence-corrected chi connectivity index (χ0v) is 15.7. The summed E-state index contributed by atoms with van der Waals surface area (Å²) in [6.07, 6.45) is 0. The van der Waals surface area contributed by atoms with Crippen molar-refractivity contribution in [3.63, 3.8) is 0 Å². The molecule has 27 heavy (non-hydrogen) atoms. The summed E-state index contributed by atoms with van der Waals surface area (Å²) in [5, 5.41) is 5.92. The van der Waals surface area contributed by atoms with Gasteiger partial charge in [0, 0.05) is 12.1 Å². The summed E-state index contributed by atoms with van der Waals surface area (Å²) >= 11 is 6.25. The molecule has 142 valence electrons. The van der Waals surface area contributed by atoms with Crippen LogP contribution in [0.25, 0.3) is 0 Å². The Morgan fingerprint density at radius 2 is 2.15 bits per heavy atom. The van der Waals surface area contributed by atoms with E-state index in [1.807, 2.05) is 6.92 Å². The zero-order chi connectivity index (χ0) is 19.4. The minimum Gasteiger partial charge on any atom is -0.493 e. The van der Waals surface area contributed by atoms with Gasteiger partial charge in [-0.3, -0.25) is 9.59 Å². The highest BCUT2D eigenvalue weighted by molar-refractivity contribution is 6.32. The third-order valence-electron chi connectivity index (χ3n) is 3.91. The summed E-state index contributed by atoms with van der Waals surface area (Å²) in [6, 6.07) is 8.34. The number of methoxy groups -OCH3 is 1. The van der Waals surface area contributed by atoms with Crippen LogP contribution in [0.1, 0.15) is 22.8 Å². The first kappa shape index (κ1) is 18.8. The fourth-order valence-electron chi connectivity index (χ4n) is 2.66. The lowest BCUT2D eigenvalue weighted by Gasteiger charge is -2.18. The average Bonchev–Trinajstić information content (AvgIpc) is 2.67. The Hall–Kier alpha value is -2.93. The van der Waals surface area contributed by atoms with Gasteiger partial charge >= 0.3 is 0 Å². The molecular formula is C19H19ClN2O5. The van der Waals surface area contributed by atoms with E-state index in [0.29, 0.717) is 40.1 Å². The van der Waals surface area contributed by atoms with Gasteiger partial charge in [-0.2, -0.15) is 0 Å². The average molecular weight is 391 g/mol. The van der Waals surface area contributed by atoms with Crippen LogP contribution in [-0.2, 0) is 11.3 Å². The van der Waals surface area contributed by atoms with E-state index < -0.39 is 0 Å². The second kappa shape index (κ2) is 8.18. The van der Waals surface area contributed by atoms with E-state index in [0.717, 1.165) is 5.56 Å². The summed E-state index contributed by atoms with van der Waals surface area (Å²) in [6.45, 7) is 2.52. The predicted octanol–water partition coefficient (Wildman–Crippen LogP) is 3.01. The molecule has 0 radical (unpaired) electrons. The van der Waals surface area contributed by atoms with Crippen LogP contribution in [0, 0.1) is 0 Å². The van der Waals surface area contributed by atoms with E-state index in [2.05, 4.69) is 10.6 Å². The maximum atomic E-state index is 12.4. The number of hydrogen-bond acceptors (Lipinski definition) is 5. The quantitative estimate of drug-likeness (QED) is 0.791. The highest BCUT2D eigenvalue weighted by atomic mass is 35.5. The van der Waals surface area contributed by atoms with Crippen molar-refractivity contribution in [1.29, 1.82) is 0 Å². The van der Waals surface area contributed by atoms with Gasteiger partial charge in [0.15, 0.2) is 18.1 Å². The van der Waals surface area contributed by atoms with Gasteiger partial charge in [-0.05, 0) is 42.8 Å². The summed E-state index contributed by atoms with van der Waals surface area (Å²) in [5.74, 6) is 0.952. The number of benzene rings is 2. The Morgan fingerprint density at radius 3 is 2.89 bits per heavy atom. The molecule has 0 spiro atoms. The molecule has 0 bridgehead atoms. The number of carbonyl (C=O) groups excluding carboxylic acids is 2. The molecule has 2 amide bonds. The zero-order valence-electron chi connectivity index (χ0n) is 14.9. The first-order valence-corrected chi connectivity index (χ1v) is 8.73. The molecule has 2 aromatic rings. The Bertz CT molecular complexity index is 885. The van der Waals surface area contributed by atoms with Crippen molar-refractivity contribution >= 4 is 29.1 Å². The number of amides is 2. The lowest BCUT2D eigenvalue weighted by molar-refractivity contribution is -0.118. The Labute approximate surface area is 161 Å². The molecule has 3 rings (SSSR count). The maximum absolute atomic E-state index is 12.4. The second-order valence-electron chi connectivity index (χ2n) is 5.77. The molecule has 8 heteroatoms. The molecular weight excluding hydrogens is 372 g/mol. The van der Waals surface area contributed by atoms with Crippen LogP contribution >= 0.6 is 11.6 Å². The van der Waals surface area contributed by atoms with E-state index in [-0.39, 0.29) is 25.0 Å². The molecule has 2 N–H and O–H groups in total. The van der Waals surface area contributed by atoms with Gasteiger partial charge in [-0.1, -0.05) is 11.6 Å². The minimum atomic E-state index is -0.276. The monoisotopic (exact) mass is 390 g/mol. The largest absolute Gasteiger partial charge is 0.493 e. The van der Waals surface area contributed by atoms with Gasteiger partial charge < -0.3 is 24.8 Å². The van der Waals surface area contributed by atoms with Crippen LogP contribution in [0.15, 0.2) is 30.3 Å². The summed E-state index contributed by atoms with van der Waals surface area (Å²) in [7, 11) is 1.53. The van der Waals surface area contributed by atoms with Gasteiger partial charge in [0.05, 0.1) is 24.4 Å². The Balaban J connectivity index is 1.71. The summed E-state index contributed by atoms with van der Waals surface area (Å²) in [4.78, 5) is 23.7. The van der Waals surface area contributed by atoms with Crippen LogP contribution in [0.4, 0.5) is 5.69 Å². The fraction of sp³-hybridized carbons (Fsp3) is 0.263. The molecule has 7 nitrogen and oxygen atoms in total. The second-order valence-corrected chi connectivity index (χ2v) is 6.18. The molecule has 0 unspecified atom stereocenters. The van der Waals surface area contributed by atoms with Gasteiger partial charge in [0.2, 0.25) is 0 Å². The molecule has 1 aliphatic rings. The minimum absolute atomic E-state index is 0.0669. The van der Waals surface area contributed by atoms with Gasteiger partial charge in [-0.15, -0.1) is 0 Å². The molecule has 1 aliphatic heterocycles. The van der Waals surface area contributed by atoms with E-state index in [9.17, 15) is 9.59 Å². The van der Waals surface area contributed by atoms with Crippen molar-refractivity contribution in [1.82, 2.24) is 5.32 Å². The van der Waals surface area contributed by atoms with Crippen LogP contribution < -0.4 is 24.8 Å². The standard InChI is InChI=1S/C19H19ClN2O5/c1-3-26-18-13(20)6-11(7-16(18)25-2)9-21-19(24)12-4-5-14-15(8-12)27-10-17(23)22-14/h4-8H,3,9-10H2,1-2H3,(H,21,24)(H,22,23). The maximum Gasteiger partial charge on any atom is 0.262 e. The molecule has 0 saturated heterocycles. The number of fused-ring (bicyclic) bond motifs is 1. The number of hydrogen-bond donors (Lipinski definition) is 2. The van der Waals surface area contributed by atoms with Crippen LogP contribution in [-0.4, -0.2) is 32.1 Å². The smallest absolute Gasteiger partial charge is 0.262 e. The normalized spacial score (nSPS) is 12.5. The molecule has 0 fully saturated rings. The van der Waals surface area contributed by atoms with E-state index in [1.54, 1.807) is 30.3 Å². The van der Waals surface area contributed by atoms with Crippen molar-refractivity contribution in [2.24, 2.45) is 0 Å². The lowest BCUT2D eigenvalue weighted by Crippen LogP contribution is -2.26. The molecule has 0 atom stereocenters. The third-order valence-corrected chi connectivity index (χ3v) is 4.19. The SMILES string of the molecule is CCOc1c(Cl)cc(CNC(=O)c2ccc3c(c2)OCC(=O)N3)cc1OC. The molecule has 0 aliphatic carbocycles. The van der Waals surface area contributed by atoms with Crippen molar-refractivity contribution in [3.05, 3.63) is 46.5 Å². The van der Waals surface area contributed by atoms with Crippen LogP contribution in [0.5, 0.6) is 17.2 Å². The highest BCUT2D eigenvalue weighted by Gasteiger charge is 2.18. The van der Waals surface area contributed by atoms with Crippen LogP contribution in [0.3, 0.4) is 0 Å². The van der Waals surface area contributed by atoms with E-state index in [1.165, 1.54) is 7.11 Å². The summed E-state index contributed by atoms with van der Waals surface area (Å²) < 4.78 is 16.1. The number of rotatable bonds is 6. The number of anilines is 1. The molecule has 1 heterocycles. The van der Waals surface area contributed by atoms with Gasteiger partial charge in [-0.25, -0.2) is 0 Å². The Kier molecular flexibility index (Phi) is 5.71. The molecule has 0 aromatic heterocycles. The van der Waals surface area contributed by atoms with E-state index in [4.69, 9.17) is 25.8 Å². The van der Waals surface area contributed by atoms with Crippen LogP contribution in [0.2, 0.25) is 5.02 Å². The predicted molar refractivity (Wildman–Crippen MR) is 101 cm³/mol. The van der Waals surface area contributed by atoms with E-state index >= 15 is 0 Å². The number of ether oxygens (including phenoxy) is 3. The number of halogens is 1. The first-order chi connectivity index (χ1) is 13.0. The van der Waals surface area contributed by atoms with Gasteiger partial charge in [0.25, 0.3) is 11.8 Å². The number of carbonyl (C=O) groups is 2. The lowest BCUT2D eigenvalue weighted by atomic mass is 10.1. The highest BCUT2D eigenvalue weighted by Crippen LogP contribution is 2.36. The summed E-state index contributed by atoms with van der Waals surface area (Å²) in [5.41, 5.74) is 1.75. The van der Waals surface area contributed by atoms with Crippen molar-refractivity contribution in [3.8, 4) is 17.2 Å². The van der Waals surface area contributed by atoms with Crippen molar-refractivity contribution < 1.29 is 23.8 Å². The number of nitrogens with one attached hydrogen (secondary N) is 2. The molecule has 2 aromatic carbocycles. The first-order valence-electron chi connectivity index (χ1n) is 8.36.